The molecule has 1 aliphatic rings. The third-order valence-corrected chi connectivity index (χ3v) is 3.50. The lowest BCUT2D eigenvalue weighted by Gasteiger charge is -2.34. The highest BCUT2D eigenvalue weighted by molar-refractivity contribution is 5.80. The van der Waals surface area contributed by atoms with Crippen molar-refractivity contribution in [1.29, 1.82) is 0 Å². The van der Waals surface area contributed by atoms with Crippen molar-refractivity contribution in [3.63, 3.8) is 0 Å². The van der Waals surface area contributed by atoms with Crippen molar-refractivity contribution in [2.75, 3.05) is 26.2 Å². The van der Waals surface area contributed by atoms with Crippen molar-refractivity contribution < 1.29 is 13.5 Å². The minimum atomic E-state index is -2.41. The molecular weight excluding hydrogens is 288 g/mol. The highest BCUT2D eigenvalue weighted by atomic mass is 19.3. The fourth-order valence-corrected chi connectivity index (χ4v) is 2.46. The number of likely N-dealkylation sites (tertiary alicyclic amines) is 1. The van der Waals surface area contributed by atoms with E-state index in [0.29, 0.717) is 12.5 Å². The SMILES string of the molecule is CCNC(=NCC(F)F)N1CCC(Oc2ccccc2)CC1. The Morgan fingerprint density at radius 2 is 2.00 bits per heavy atom. The first-order valence-electron chi connectivity index (χ1n) is 7.72. The van der Waals surface area contributed by atoms with Crippen LogP contribution >= 0.6 is 0 Å². The number of halogens is 2. The largest absolute Gasteiger partial charge is 0.490 e. The summed E-state index contributed by atoms with van der Waals surface area (Å²) >= 11 is 0. The van der Waals surface area contributed by atoms with Crippen molar-refractivity contribution in [3.05, 3.63) is 30.3 Å². The number of alkyl halides is 2. The molecule has 1 saturated heterocycles. The summed E-state index contributed by atoms with van der Waals surface area (Å²) in [6, 6.07) is 9.74. The Morgan fingerprint density at radius 3 is 2.59 bits per heavy atom. The molecule has 2 rings (SSSR count). The number of ether oxygens (including phenoxy) is 1. The van der Waals surface area contributed by atoms with E-state index in [0.717, 1.165) is 31.7 Å². The Balaban J connectivity index is 1.85. The minimum Gasteiger partial charge on any atom is -0.490 e. The first-order chi connectivity index (χ1) is 10.7. The van der Waals surface area contributed by atoms with Crippen LogP contribution < -0.4 is 10.1 Å². The van der Waals surface area contributed by atoms with E-state index < -0.39 is 13.0 Å². The summed E-state index contributed by atoms with van der Waals surface area (Å²) in [5, 5.41) is 3.07. The van der Waals surface area contributed by atoms with Gasteiger partial charge in [0.15, 0.2) is 5.96 Å². The van der Waals surface area contributed by atoms with Gasteiger partial charge in [0.1, 0.15) is 18.4 Å². The number of guanidine groups is 1. The second-order valence-corrected chi connectivity index (χ2v) is 5.20. The highest BCUT2D eigenvalue weighted by Gasteiger charge is 2.22. The quantitative estimate of drug-likeness (QED) is 0.671. The minimum absolute atomic E-state index is 0.164. The molecule has 0 aliphatic carbocycles. The molecule has 0 bridgehead atoms. The van der Waals surface area contributed by atoms with E-state index in [1.54, 1.807) is 0 Å². The first kappa shape index (κ1) is 16.5. The summed E-state index contributed by atoms with van der Waals surface area (Å²) in [7, 11) is 0. The zero-order valence-electron chi connectivity index (χ0n) is 12.8. The molecule has 1 heterocycles. The number of nitrogens with zero attached hydrogens (tertiary/aromatic N) is 2. The van der Waals surface area contributed by atoms with Gasteiger partial charge in [0.2, 0.25) is 0 Å². The van der Waals surface area contributed by atoms with Crippen LogP contribution in [0.1, 0.15) is 19.8 Å². The van der Waals surface area contributed by atoms with E-state index in [2.05, 4.69) is 10.3 Å². The van der Waals surface area contributed by atoms with Crippen LogP contribution in [0.3, 0.4) is 0 Å². The zero-order chi connectivity index (χ0) is 15.8. The fourth-order valence-electron chi connectivity index (χ4n) is 2.46. The maximum Gasteiger partial charge on any atom is 0.257 e. The molecule has 0 unspecified atom stereocenters. The Bertz CT molecular complexity index is 460. The predicted molar refractivity (Wildman–Crippen MR) is 83.6 cm³/mol. The van der Waals surface area contributed by atoms with Crippen molar-refractivity contribution in [2.45, 2.75) is 32.3 Å². The average Bonchev–Trinajstić information content (AvgIpc) is 2.53. The van der Waals surface area contributed by atoms with Crippen LogP contribution in [0.4, 0.5) is 8.78 Å². The molecule has 1 aromatic rings. The molecule has 0 radical (unpaired) electrons. The molecule has 1 aromatic carbocycles. The monoisotopic (exact) mass is 311 g/mol. The molecule has 122 valence electrons. The number of rotatable bonds is 5. The average molecular weight is 311 g/mol. The predicted octanol–water partition coefficient (Wildman–Crippen LogP) is 2.76. The number of nitrogens with one attached hydrogen (secondary N) is 1. The van der Waals surface area contributed by atoms with Gasteiger partial charge >= 0.3 is 0 Å². The molecule has 4 nitrogen and oxygen atoms in total. The lowest BCUT2D eigenvalue weighted by molar-refractivity contribution is 0.128. The molecule has 1 aliphatic heterocycles. The summed E-state index contributed by atoms with van der Waals surface area (Å²) in [5.74, 6) is 1.44. The normalized spacial score (nSPS) is 16.9. The van der Waals surface area contributed by atoms with Gasteiger partial charge in [0, 0.05) is 32.5 Å². The summed E-state index contributed by atoms with van der Waals surface area (Å²) in [5.41, 5.74) is 0. The van der Waals surface area contributed by atoms with Crippen LogP contribution in [-0.4, -0.2) is 49.6 Å². The zero-order valence-corrected chi connectivity index (χ0v) is 12.8. The van der Waals surface area contributed by atoms with E-state index in [-0.39, 0.29) is 6.10 Å². The molecule has 6 heteroatoms. The summed E-state index contributed by atoms with van der Waals surface area (Å²) in [4.78, 5) is 6.01. The van der Waals surface area contributed by atoms with Crippen LogP contribution in [0.15, 0.2) is 35.3 Å². The number of aliphatic imine (C=N–C) groups is 1. The first-order valence-corrected chi connectivity index (χ1v) is 7.72. The topological polar surface area (TPSA) is 36.9 Å². The fraction of sp³-hybridized carbons (Fsp3) is 0.562. The molecule has 0 saturated carbocycles. The summed E-state index contributed by atoms with van der Waals surface area (Å²) in [6.45, 7) is 3.66. The number of para-hydroxylation sites is 1. The van der Waals surface area contributed by atoms with E-state index in [4.69, 9.17) is 4.74 Å². The highest BCUT2D eigenvalue weighted by Crippen LogP contribution is 2.18. The van der Waals surface area contributed by atoms with Gasteiger partial charge in [-0.1, -0.05) is 18.2 Å². The maximum atomic E-state index is 12.3. The van der Waals surface area contributed by atoms with Crippen molar-refractivity contribution in [2.24, 2.45) is 4.99 Å². The second kappa shape index (κ2) is 8.56. The standard InChI is InChI=1S/C16H23F2N3O/c1-2-19-16(20-12-15(17)18)21-10-8-14(9-11-21)22-13-6-4-3-5-7-13/h3-7,14-15H,2,8-12H2,1H3,(H,19,20). The van der Waals surface area contributed by atoms with E-state index in [9.17, 15) is 8.78 Å². The number of benzene rings is 1. The Morgan fingerprint density at radius 1 is 1.32 bits per heavy atom. The van der Waals surface area contributed by atoms with E-state index in [1.807, 2.05) is 42.2 Å². The Labute approximate surface area is 130 Å². The van der Waals surface area contributed by atoms with Crippen LogP contribution in [0.5, 0.6) is 5.75 Å². The van der Waals surface area contributed by atoms with Crippen LogP contribution in [0.2, 0.25) is 0 Å². The van der Waals surface area contributed by atoms with E-state index in [1.165, 1.54) is 0 Å². The van der Waals surface area contributed by atoms with E-state index >= 15 is 0 Å². The van der Waals surface area contributed by atoms with Gasteiger partial charge in [-0.25, -0.2) is 13.8 Å². The molecule has 1 fully saturated rings. The number of hydrogen-bond donors (Lipinski definition) is 1. The number of hydrogen-bond acceptors (Lipinski definition) is 2. The number of piperidine rings is 1. The van der Waals surface area contributed by atoms with Gasteiger partial charge in [-0.2, -0.15) is 0 Å². The van der Waals surface area contributed by atoms with Gasteiger partial charge in [-0.15, -0.1) is 0 Å². The molecule has 0 atom stereocenters. The van der Waals surface area contributed by atoms with Crippen LogP contribution in [0.25, 0.3) is 0 Å². The molecule has 0 amide bonds. The third-order valence-electron chi connectivity index (χ3n) is 3.50. The molecule has 0 aromatic heterocycles. The van der Waals surface area contributed by atoms with Crippen molar-refractivity contribution >= 4 is 5.96 Å². The molecule has 0 spiro atoms. The third kappa shape index (κ3) is 5.16. The molecule has 1 N–H and O–H groups in total. The van der Waals surface area contributed by atoms with Gasteiger partial charge in [-0.05, 0) is 19.1 Å². The summed E-state index contributed by atoms with van der Waals surface area (Å²) in [6.07, 6.45) is -0.536. The van der Waals surface area contributed by atoms with Crippen molar-refractivity contribution in [1.82, 2.24) is 10.2 Å². The van der Waals surface area contributed by atoms with Gasteiger partial charge in [0.25, 0.3) is 6.43 Å². The van der Waals surface area contributed by atoms with Gasteiger partial charge in [0.05, 0.1) is 0 Å². The Kier molecular flexibility index (Phi) is 6.43. The molecule has 22 heavy (non-hydrogen) atoms. The van der Waals surface area contributed by atoms with Crippen molar-refractivity contribution in [3.8, 4) is 5.75 Å². The molecular formula is C16H23F2N3O. The summed E-state index contributed by atoms with van der Waals surface area (Å²) < 4.78 is 30.6. The lowest BCUT2D eigenvalue weighted by Crippen LogP contribution is -2.47. The van der Waals surface area contributed by atoms with Gasteiger partial charge in [-0.3, -0.25) is 0 Å². The van der Waals surface area contributed by atoms with Crippen LogP contribution in [-0.2, 0) is 0 Å². The second-order valence-electron chi connectivity index (χ2n) is 5.20. The smallest absolute Gasteiger partial charge is 0.257 e. The van der Waals surface area contributed by atoms with Gasteiger partial charge < -0.3 is 15.0 Å². The maximum absolute atomic E-state index is 12.3. The lowest BCUT2D eigenvalue weighted by atomic mass is 10.1. The Hall–Kier alpha value is -1.85. The van der Waals surface area contributed by atoms with Crippen LogP contribution in [0, 0.1) is 0 Å².